The molecule has 0 unspecified atom stereocenters. The molecule has 3 rings (SSSR count). The smallest absolute Gasteiger partial charge is 0.269 e. The lowest BCUT2D eigenvalue weighted by atomic mass is 10.1. The maximum Gasteiger partial charge on any atom is 0.269 e. The molecule has 1 aromatic heterocycles. The molecule has 0 fully saturated rings. The van der Waals surface area contributed by atoms with Crippen molar-refractivity contribution in [1.82, 2.24) is 14.9 Å². The molecule has 0 bridgehead atoms. The van der Waals surface area contributed by atoms with E-state index >= 15 is 0 Å². The number of aryl methyl sites for hydroxylation is 1. The van der Waals surface area contributed by atoms with Crippen LogP contribution in [0, 0.1) is 10.1 Å². The lowest BCUT2D eigenvalue weighted by molar-refractivity contribution is -0.384. The predicted octanol–water partition coefficient (Wildman–Crippen LogP) is 4.32. The van der Waals surface area contributed by atoms with Gasteiger partial charge in [0.15, 0.2) is 11.5 Å². The van der Waals surface area contributed by atoms with Crippen LogP contribution in [0.1, 0.15) is 17.5 Å². The first-order valence-corrected chi connectivity index (χ1v) is 10.3. The largest absolute Gasteiger partial charge is 0.493 e. The number of hydrogen-bond acceptors (Lipinski definition) is 6. The number of ether oxygens (including phenoxy) is 2. The highest BCUT2D eigenvalue weighted by Gasteiger charge is 2.15. The van der Waals surface area contributed by atoms with E-state index in [1.807, 2.05) is 29.2 Å². The molecule has 0 radical (unpaired) electrons. The van der Waals surface area contributed by atoms with Crippen molar-refractivity contribution in [2.45, 2.75) is 26.1 Å². The second-order valence-corrected chi connectivity index (χ2v) is 7.45. The molecule has 1 heterocycles. The van der Waals surface area contributed by atoms with Gasteiger partial charge in [-0.2, -0.15) is 0 Å². The Morgan fingerprint density at radius 1 is 1.23 bits per heavy atom. The second-order valence-electron chi connectivity index (χ2n) is 6.60. The molecule has 0 aliphatic rings. The van der Waals surface area contributed by atoms with Crippen molar-refractivity contribution in [3.63, 3.8) is 0 Å². The number of nitrogens with zero attached hydrogens (tertiary/aromatic N) is 3. The minimum absolute atomic E-state index is 0.0550. The quantitative estimate of drug-likeness (QED) is 0.252. The first-order valence-electron chi connectivity index (χ1n) is 9.46. The zero-order valence-electron chi connectivity index (χ0n) is 16.6. The summed E-state index contributed by atoms with van der Waals surface area (Å²) in [6.45, 7) is 2.62. The van der Waals surface area contributed by atoms with E-state index in [-0.39, 0.29) is 12.3 Å². The van der Waals surface area contributed by atoms with E-state index in [0.29, 0.717) is 18.0 Å². The van der Waals surface area contributed by atoms with E-state index in [1.165, 1.54) is 12.1 Å². The summed E-state index contributed by atoms with van der Waals surface area (Å²) in [5.41, 5.74) is 1.85. The highest BCUT2D eigenvalue weighted by molar-refractivity contribution is 9.10. The fraction of sp³-hybridized carbons (Fsp3) is 0.286. The average Bonchev–Trinajstić information content (AvgIpc) is 3.27. The van der Waals surface area contributed by atoms with Gasteiger partial charge in [0.2, 0.25) is 0 Å². The molecule has 0 aliphatic heterocycles. The average molecular weight is 475 g/mol. The fourth-order valence-electron chi connectivity index (χ4n) is 2.95. The van der Waals surface area contributed by atoms with Crippen LogP contribution in [0.4, 0.5) is 5.69 Å². The Morgan fingerprint density at radius 3 is 2.70 bits per heavy atom. The molecule has 0 atom stereocenters. The molecular formula is C21H23BrN4O4. The number of aromatic nitrogens is 2. The molecule has 9 heteroatoms. The van der Waals surface area contributed by atoms with Crippen LogP contribution in [0.3, 0.4) is 0 Å². The van der Waals surface area contributed by atoms with Crippen molar-refractivity contribution < 1.29 is 14.4 Å². The van der Waals surface area contributed by atoms with Crippen molar-refractivity contribution in [1.29, 1.82) is 0 Å². The number of nitro groups is 1. The molecule has 0 spiro atoms. The number of non-ortho nitro benzene ring substituents is 1. The zero-order chi connectivity index (χ0) is 21.3. The topological polar surface area (TPSA) is 91.5 Å². The minimum atomic E-state index is -0.418. The van der Waals surface area contributed by atoms with Crippen molar-refractivity contribution in [2.75, 3.05) is 13.7 Å². The Bertz CT molecular complexity index is 962. The van der Waals surface area contributed by atoms with E-state index in [1.54, 1.807) is 25.4 Å². The van der Waals surface area contributed by atoms with Crippen molar-refractivity contribution in [3.05, 3.63) is 80.8 Å². The standard InChI is InChI=1S/C21H23BrN4O4/c1-29-20-8-7-19(22)18(13-23-9-2-11-25-12-10-24-15-25)21(20)30-14-16-3-5-17(6-4-16)26(27)28/h3-8,10,12,15,23H,2,9,11,13-14H2,1H3. The molecule has 30 heavy (non-hydrogen) atoms. The number of benzene rings is 2. The summed E-state index contributed by atoms with van der Waals surface area (Å²) in [5.74, 6) is 1.28. The summed E-state index contributed by atoms with van der Waals surface area (Å²) in [7, 11) is 1.60. The van der Waals surface area contributed by atoms with E-state index in [9.17, 15) is 10.1 Å². The van der Waals surface area contributed by atoms with Crippen LogP contribution in [0.15, 0.2) is 59.6 Å². The summed E-state index contributed by atoms with van der Waals surface area (Å²) >= 11 is 3.60. The molecule has 0 aliphatic carbocycles. The molecule has 1 N–H and O–H groups in total. The second kappa shape index (κ2) is 10.7. The van der Waals surface area contributed by atoms with E-state index in [0.717, 1.165) is 35.1 Å². The van der Waals surface area contributed by atoms with Gasteiger partial charge in [-0.25, -0.2) is 4.98 Å². The normalized spacial score (nSPS) is 10.7. The molecule has 0 amide bonds. The van der Waals surface area contributed by atoms with Crippen LogP contribution in [0.2, 0.25) is 0 Å². The van der Waals surface area contributed by atoms with Crippen LogP contribution in [0.5, 0.6) is 11.5 Å². The zero-order valence-corrected chi connectivity index (χ0v) is 18.2. The van der Waals surface area contributed by atoms with Gasteiger partial charge < -0.3 is 19.4 Å². The van der Waals surface area contributed by atoms with Gasteiger partial charge in [-0.3, -0.25) is 10.1 Å². The Balaban J connectivity index is 1.63. The van der Waals surface area contributed by atoms with Gasteiger partial charge in [-0.05, 0) is 42.8 Å². The van der Waals surface area contributed by atoms with Crippen LogP contribution in [-0.4, -0.2) is 28.1 Å². The number of methoxy groups -OCH3 is 1. The summed E-state index contributed by atoms with van der Waals surface area (Å²) in [6, 6.07) is 10.1. The van der Waals surface area contributed by atoms with E-state index in [2.05, 4.69) is 26.2 Å². The Labute approximate surface area is 183 Å². The van der Waals surface area contributed by atoms with Crippen LogP contribution < -0.4 is 14.8 Å². The Kier molecular flexibility index (Phi) is 7.81. The third kappa shape index (κ3) is 5.80. The monoisotopic (exact) mass is 474 g/mol. The number of nitro benzene ring substituents is 1. The first kappa shape index (κ1) is 21.8. The maximum absolute atomic E-state index is 10.8. The SMILES string of the molecule is COc1ccc(Br)c(CNCCCn2ccnc2)c1OCc1ccc([N+](=O)[O-])cc1. The first-order chi connectivity index (χ1) is 14.6. The molecule has 8 nitrogen and oxygen atoms in total. The van der Waals surface area contributed by atoms with Crippen molar-refractivity contribution >= 4 is 21.6 Å². The van der Waals surface area contributed by atoms with Gasteiger partial charge >= 0.3 is 0 Å². The Morgan fingerprint density at radius 2 is 2.03 bits per heavy atom. The van der Waals surface area contributed by atoms with E-state index in [4.69, 9.17) is 9.47 Å². The molecular weight excluding hydrogens is 452 g/mol. The molecule has 0 saturated heterocycles. The highest BCUT2D eigenvalue weighted by atomic mass is 79.9. The highest BCUT2D eigenvalue weighted by Crippen LogP contribution is 2.36. The van der Waals surface area contributed by atoms with Gasteiger partial charge in [0.1, 0.15) is 6.61 Å². The van der Waals surface area contributed by atoms with Gasteiger partial charge in [-0.15, -0.1) is 0 Å². The summed E-state index contributed by atoms with van der Waals surface area (Å²) in [6.07, 6.45) is 6.50. The summed E-state index contributed by atoms with van der Waals surface area (Å²) < 4.78 is 14.5. The maximum atomic E-state index is 10.8. The number of hydrogen-bond donors (Lipinski definition) is 1. The lowest BCUT2D eigenvalue weighted by Gasteiger charge is -2.17. The number of nitrogens with one attached hydrogen (secondary N) is 1. The summed E-state index contributed by atoms with van der Waals surface area (Å²) in [5, 5.41) is 14.3. The third-order valence-electron chi connectivity index (χ3n) is 4.55. The minimum Gasteiger partial charge on any atom is -0.493 e. The molecule has 0 saturated carbocycles. The van der Waals surface area contributed by atoms with Crippen LogP contribution in [-0.2, 0) is 19.7 Å². The van der Waals surface area contributed by atoms with Crippen molar-refractivity contribution in [3.8, 4) is 11.5 Å². The van der Waals surface area contributed by atoms with Gasteiger partial charge in [-0.1, -0.05) is 15.9 Å². The van der Waals surface area contributed by atoms with Gasteiger partial charge in [0.05, 0.1) is 18.4 Å². The molecule has 3 aromatic rings. The molecule has 158 valence electrons. The third-order valence-corrected chi connectivity index (χ3v) is 5.29. The number of halogens is 1. The summed E-state index contributed by atoms with van der Waals surface area (Å²) in [4.78, 5) is 14.4. The van der Waals surface area contributed by atoms with Gasteiger partial charge in [0.25, 0.3) is 5.69 Å². The Hall–Kier alpha value is -2.91. The van der Waals surface area contributed by atoms with E-state index < -0.39 is 4.92 Å². The number of imidazole rings is 1. The van der Waals surface area contributed by atoms with Gasteiger partial charge in [0, 0.05) is 47.7 Å². The molecule has 2 aromatic carbocycles. The fourth-order valence-corrected chi connectivity index (χ4v) is 3.41. The predicted molar refractivity (Wildman–Crippen MR) is 117 cm³/mol. The van der Waals surface area contributed by atoms with Crippen LogP contribution >= 0.6 is 15.9 Å². The van der Waals surface area contributed by atoms with Crippen molar-refractivity contribution in [2.24, 2.45) is 0 Å². The lowest BCUT2D eigenvalue weighted by Crippen LogP contribution is -2.17. The van der Waals surface area contributed by atoms with Crippen LogP contribution in [0.25, 0.3) is 0 Å². The number of rotatable bonds is 11.